The lowest BCUT2D eigenvalue weighted by Gasteiger charge is -2.23. The summed E-state index contributed by atoms with van der Waals surface area (Å²) < 4.78 is 1.76. The number of rotatable bonds is 2. The van der Waals surface area contributed by atoms with Gasteiger partial charge >= 0.3 is 0 Å². The molecule has 0 spiro atoms. The second-order valence-corrected chi connectivity index (χ2v) is 5.80. The molecule has 1 aliphatic heterocycles. The molecule has 21 heavy (non-hydrogen) atoms. The molecular weight excluding hydrogens is 266 g/mol. The lowest BCUT2D eigenvalue weighted by molar-refractivity contribution is 0.0745. The van der Waals surface area contributed by atoms with E-state index in [0.717, 1.165) is 36.6 Å². The standard InChI is InChI=1S/C15H21N5O/c1-9-7-10(2)20-14(17-9)13(11(3)18-20)15(21)19(4)12-5-6-16-8-12/h7,12,16H,5-6,8H2,1-4H3. The zero-order chi connectivity index (χ0) is 15.1. The van der Waals surface area contributed by atoms with Gasteiger partial charge in [-0.25, -0.2) is 9.50 Å². The minimum Gasteiger partial charge on any atom is -0.337 e. The number of nitrogens with one attached hydrogen (secondary N) is 1. The van der Waals surface area contributed by atoms with E-state index in [4.69, 9.17) is 0 Å². The molecule has 3 rings (SSSR count). The first-order valence-electron chi connectivity index (χ1n) is 7.30. The molecule has 1 fully saturated rings. The van der Waals surface area contributed by atoms with Crippen molar-refractivity contribution in [2.75, 3.05) is 20.1 Å². The fraction of sp³-hybridized carbons (Fsp3) is 0.533. The monoisotopic (exact) mass is 287 g/mol. The predicted molar refractivity (Wildman–Crippen MR) is 80.6 cm³/mol. The van der Waals surface area contributed by atoms with Crippen LogP contribution in [0.2, 0.25) is 0 Å². The van der Waals surface area contributed by atoms with Crippen molar-refractivity contribution in [3.8, 4) is 0 Å². The van der Waals surface area contributed by atoms with Crippen molar-refractivity contribution in [3.05, 3.63) is 28.7 Å². The molecule has 112 valence electrons. The van der Waals surface area contributed by atoms with Crippen LogP contribution < -0.4 is 5.32 Å². The fourth-order valence-corrected chi connectivity index (χ4v) is 2.99. The van der Waals surface area contributed by atoms with E-state index in [-0.39, 0.29) is 11.9 Å². The SMILES string of the molecule is Cc1cc(C)n2nc(C)c(C(=O)N(C)C3CCNC3)c2n1. The van der Waals surface area contributed by atoms with Gasteiger partial charge in [-0.05, 0) is 39.8 Å². The van der Waals surface area contributed by atoms with E-state index in [1.165, 1.54) is 0 Å². The molecule has 6 nitrogen and oxygen atoms in total. The third-order valence-corrected chi connectivity index (χ3v) is 4.19. The number of hydrogen-bond donors (Lipinski definition) is 1. The van der Waals surface area contributed by atoms with Crippen LogP contribution in [0.3, 0.4) is 0 Å². The summed E-state index contributed by atoms with van der Waals surface area (Å²) in [7, 11) is 1.87. The van der Waals surface area contributed by atoms with Crippen molar-refractivity contribution in [3.63, 3.8) is 0 Å². The zero-order valence-corrected chi connectivity index (χ0v) is 13.0. The average molecular weight is 287 g/mol. The largest absolute Gasteiger partial charge is 0.337 e. The Bertz CT molecular complexity index is 700. The van der Waals surface area contributed by atoms with E-state index in [1.54, 1.807) is 4.52 Å². The van der Waals surface area contributed by atoms with E-state index in [2.05, 4.69) is 15.4 Å². The number of carbonyl (C=O) groups excluding carboxylic acids is 1. The minimum atomic E-state index is 0.00806. The van der Waals surface area contributed by atoms with Crippen LogP contribution in [0.25, 0.3) is 5.65 Å². The van der Waals surface area contributed by atoms with Gasteiger partial charge in [0, 0.05) is 31.0 Å². The van der Waals surface area contributed by atoms with Gasteiger partial charge in [0.15, 0.2) is 5.65 Å². The summed E-state index contributed by atoms with van der Waals surface area (Å²) in [5.74, 6) is 0.00806. The first-order valence-corrected chi connectivity index (χ1v) is 7.30. The van der Waals surface area contributed by atoms with Crippen molar-refractivity contribution in [1.82, 2.24) is 24.8 Å². The van der Waals surface area contributed by atoms with Crippen molar-refractivity contribution in [1.29, 1.82) is 0 Å². The van der Waals surface area contributed by atoms with Gasteiger partial charge in [0.25, 0.3) is 5.91 Å². The molecule has 2 aromatic rings. The van der Waals surface area contributed by atoms with E-state index < -0.39 is 0 Å². The Hall–Kier alpha value is -1.95. The molecule has 0 radical (unpaired) electrons. The van der Waals surface area contributed by atoms with Crippen molar-refractivity contribution < 1.29 is 4.79 Å². The molecule has 0 aromatic carbocycles. The van der Waals surface area contributed by atoms with Crippen LogP contribution in [0, 0.1) is 20.8 Å². The maximum atomic E-state index is 12.9. The van der Waals surface area contributed by atoms with Crippen LogP contribution in [0.15, 0.2) is 6.07 Å². The van der Waals surface area contributed by atoms with Gasteiger partial charge in [0.05, 0.1) is 5.69 Å². The number of carbonyl (C=O) groups is 1. The molecule has 1 saturated heterocycles. The summed E-state index contributed by atoms with van der Waals surface area (Å²) >= 11 is 0. The number of aryl methyl sites for hydroxylation is 3. The third kappa shape index (κ3) is 2.29. The molecule has 1 amide bonds. The molecule has 0 saturated carbocycles. The lowest BCUT2D eigenvalue weighted by atomic mass is 10.1. The van der Waals surface area contributed by atoms with Crippen molar-refractivity contribution >= 4 is 11.6 Å². The summed E-state index contributed by atoms with van der Waals surface area (Å²) in [5.41, 5.74) is 3.91. The molecule has 1 aliphatic rings. The summed E-state index contributed by atoms with van der Waals surface area (Å²) in [4.78, 5) is 19.2. The van der Waals surface area contributed by atoms with Gasteiger partial charge in [0.2, 0.25) is 0 Å². The van der Waals surface area contributed by atoms with Crippen LogP contribution in [0.1, 0.15) is 33.9 Å². The van der Waals surface area contributed by atoms with Crippen LogP contribution in [-0.2, 0) is 0 Å². The van der Waals surface area contributed by atoms with Gasteiger partial charge in [-0.2, -0.15) is 5.10 Å². The quantitative estimate of drug-likeness (QED) is 0.898. The van der Waals surface area contributed by atoms with E-state index in [1.807, 2.05) is 38.8 Å². The zero-order valence-electron chi connectivity index (χ0n) is 13.0. The first kappa shape index (κ1) is 14.0. The van der Waals surface area contributed by atoms with E-state index in [9.17, 15) is 4.79 Å². The van der Waals surface area contributed by atoms with Gasteiger partial charge in [-0.3, -0.25) is 4.79 Å². The van der Waals surface area contributed by atoms with Crippen LogP contribution in [0.5, 0.6) is 0 Å². The Balaban J connectivity index is 2.07. The van der Waals surface area contributed by atoms with Gasteiger partial charge < -0.3 is 10.2 Å². The van der Waals surface area contributed by atoms with Crippen LogP contribution in [0.4, 0.5) is 0 Å². The topological polar surface area (TPSA) is 62.5 Å². The van der Waals surface area contributed by atoms with Gasteiger partial charge in [0.1, 0.15) is 5.56 Å². The molecular formula is C15H21N5O. The second-order valence-electron chi connectivity index (χ2n) is 5.80. The number of likely N-dealkylation sites (N-methyl/N-ethyl adjacent to an activating group) is 1. The molecule has 1 atom stereocenters. The number of nitrogens with zero attached hydrogens (tertiary/aromatic N) is 4. The Morgan fingerprint density at radius 2 is 2.19 bits per heavy atom. The Labute approximate surface area is 124 Å². The number of aromatic nitrogens is 3. The smallest absolute Gasteiger partial charge is 0.259 e. The van der Waals surface area contributed by atoms with E-state index in [0.29, 0.717) is 11.2 Å². The highest BCUT2D eigenvalue weighted by atomic mass is 16.2. The summed E-state index contributed by atoms with van der Waals surface area (Å²) in [5, 5.41) is 7.77. The highest BCUT2D eigenvalue weighted by Crippen LogP contribution is 2.19. The highest BCUT2D eigenvalue weighted by Gasteiger charge is 2.28. The molecule has 2 aromatic heterocycles. The second kappa shape index (κ2) is 5.11. The summed E-state index contributed by atoms with van der Waals surface area (Å²) in [6.07, 6.45) is 0.992. The molecule has 6 heteroatoms. The lowest BCUT2D eigenvalue weighted by Crippen LogP contribution is -2.38. The number of fused-ring (bicyclic) bond motifs is 1. The number of hydrogen-bond acceptors (Lipinski definition) is 4. The first-order chi connectivity index (χ1) is 9.99. The van der Waals surface area contributed by atoms with Crippen molar-refractivity contribution in [2.45, 2.75) is 33.2 Å². The van der Waals surface area contributed by atoms with Gasteiger partial charge in [-0.15, -0.1) is 0 Å². The fourth-order valence-electron chi connectivity index (χ4n) is 2.99. The van der Waals surface area contributed by atoms with Gasteiger partial charge in [-0.1, -0.05) is 0 Å². The number of amides is 1. The van der Waals surface area contributed by atoms with Crippen LogP contribution in [-0.4, -0.2) is 51.6 Å². The Kier molecular flexibility index (Phi) is 3.41. The van der Waals surface area contributed by atoms with Crippen molar-refractivity contribution in [2.24, 2.45) is 0 Å². The summed E-state index contributed by atoms with van der Waals surface area (Å²) in [6.45, 7) is 7.61. The Morgan fingerprint density at radius 3 is 2.86 bits per heavy atom. The molecule has 3 heterocycles. The Morgan fingerprint density at radius 1 is 1.43 bits per heavy atom. The molecule has 0 bridgehead atoms. The minimum absolute atomic E-state index is 0.00806. The normalized spacial score (nSPS) is 18.4. The highest BCUT2D eigenvalue weighted by molar-refractivity contribution is 6.01. The van der Waals surface area contributed by atoms with E-state index >= 15 is 0 Å². The average Bonchev–Trinajstić information content (AvgIpc) is 3.04. The predicted octanol–water partition coefficient (Wildman–Crippen LogP) is 1.09. The molecule has 1 unspecified atom stereocenters. The maximum Gasteiger partial charge on any atom is 0.259 e. The molecule has 1 N–H and O–H groups in total. The summed E-state index contributed by atoms with van der Waals surface area (Å²) in [6, 6.07) is 2.22. The maximum absolute atomic E-state index is 12.9. The third-order valence-electron chi connectivity index (χ3n) is 4.19. The van der Waals surface area contributed by atoms with Crippen LogP contribution >= 0.6 is 0 Å². The molecule has 0 aliphatic carbocycles.